The Balaban J connectivity index is 2.26. The van der Waals surface area contributed by atoms with Gasteiger partial charge in [0.1, 0.15) is 11.4 Å². The summed E-state index contributed by atoms with van der Waals surface area (Å²) in [6, 6.07) is 11.5. The largest absolute Gasteiger partial charge is 0.506 e. The van der Waals surface area contributed by atoms with Crippen molar-refractivity contribution in [1.82, 2.24) is 10.1 Å². The highest BCUT2D eigenvalue weighted by Gasteiger charge is 2.19. The predicted molar refractivity (Wildman–Crippen MR) is 83.5 cm³/mol. The molecule has 0 unspecified atom stereocenters. The van der Waals surface area contributed by atoms with Crippen molar-refractivity contribution < 1.29 is 9.63 Å². The van der Waals surface area contributed by atoms with Gasteiger partial charge in [0.15, 0.2) is 5.58 Å². The number of aromatic hydroxyl groups is 1. The average molecular weight is 303 g/mol. The van der Waals surface area contributed by atoms with E-state index in [4.69, 9.17) is 16.1 Å². The van der Waals surface area contributed by atoms with E-state index >= 15 is 0 Å². The Morgan fingerprint density at radius 3 is 2.62 bits per heavy atom. The molecule has 0 saturated carbocycles. The first-order chi connectivity index (χ1) is 10.1. The molecule has 0 radical (unpaired) electrons. The van der Waals surface area contributed by atoms with Crippen LogP contribution in [0.5, 0.6) is 5.75 Å². The molecule has 1 aromatic heterocycles. The fourth-order valence-electron chi connectivity index (χ4n) is 2.36. The number of phenolic OH excluding ortho intramolecular Hbond substituents is 1. The highest BCUT2D eigenvalue weighted by atomic mass is 35.5. The molecule has 5 heteroatoms. The second kappa shape index (κ2) is 5.39. The molecule has 108 valence electrons. The van der Waals surface area contributed by atoms with Gasteiger partial charge in [0, 0.05) is 12.1 Å². The minimum absolute atomic E-state index is 0.0497. The van der Waals surface area contributed by atoms with Gasteiger partial charge < -0.3 is 14.5 Å². The van der Waals surface area contributed by atoms with E-state index in [1.165, 1.54) is 0 Å². The van der Waals surface area contributed by atoms with Crippen LogP contribution in [-0.2, 0) is 6.54 Å². The van der Waals surface area contributed by atoms with E-state index in [1.54, 1.807) is 6.07 Å². The fraction of sp³-hybridized carbons (Fsp3) is 0.188. The lowest BCUT2D eigenvalue weighted by atomic mass is 10.0. The number of hydrogen-bond donors (Lipinski definition) is 1. The summed E-state index contributed by atoms with van der Waals surface area (Å²) in [4.78, 5) is 1.94. The van der Waals surface area contributed by atoms with E-state index < -0.39 is 0 Å². The summed E-state index contributed by atoms with van der Waals surface area (Å²) < 4.78 is 5.48. The summed E-state index contributed by atoms with van der Waals surface area (Å²) in [5, 5.41) is 15.4. The molecule has 21 heavy (non-hydrogen) atoms. The van der Waals surface area contributed by atoms with Crippen LogP contribution in [0.15, 0.2) is 40.9 Å². The molecule has 0 amide bonds. The van der Waals surface area contributed by atoms with Crippen LogP contribution >= 0.6 is 11.6 Å². The SMILES string of the molecule is CN(C)Cc1c(O)c(Cl)cc2c(-c3ccccc3)noc12. The number of rotatable bonds is 3. The summed E-state index contributed by atoms with van der Waals surface area (Å²) in [5.41, 5.74) is 2.91. The zero-order valence-corrected chi connectivity index (χ0v) is 12.6. The number of benzene rings is 2. The van der Waals surface area contributed by atoms with Crippen molar-refractivity contribution in [3.63, 3.8) is 0 Å². The van der Waals surface area contributed by atoms with Crippen LogP contribution in [0.25, 0.3) is 22.2 Å². The lowest BCUT2D eigenvalue weighted by Crippen LogP contribution is -2.11. The molecule has 0 aliphatic carbocycles. The van der Waals surface area contributed by atoms with Crippen LogP contribution in [-0.4, -0.2) is 29.3 Å². The number of aromatic nitrogens is 1. The molecule has 0 bridgehead atoms. The molecule has 0 spiro atoms. The van der Waals surface area contributed by atoms with Crippen molar-refractivity contribution in [1.29, 1.82) is 0 Å². The van der Waals surface area contributed by atoms with Gasteiger partial charge in [-0.1, -0.05) is 47.1 Å². The van der Waals surface area contributed by atoms with Crippen molar-refractivity contribution in [2.45, 2.75) is 6.54 Å². The summed E-state index contributed by atoms with van der Waals surface area (Å²) in [5.74, 6) is 0.0497. The second-order valence-electron chi connectivity index (χ2n) is 5.20. The van der Waals surface area contributed by atoms with Gasteiger partial charge in [0.2, 0.25) is 0 Å². The van der Waals surface area contributed by atoms with Crippen LogP contribution < -0.4 is 0 Å². The van der Waals surface area contributed by atoms with Crippen LogP contribution in [0.3, 0.4) is 0 Å². The molecule has 0 saturated heterocycles. The highest BCUT2D eigenvalue weighted by Crippen LogP contribution is 2.39. The number of hydrogen-bond acceptors (Lipinski definition) is 4. The van der Waals surface area contributed by atoms with Gasteiger partial charge in [-0.2, -0.15) is 0 Å². The predicted octanol–water partition coefficient (Wildman–Crippen LogP) is 3.92. The standard InChI is InChI=1S/C16H15ClN2O2/c1-19(2)9-12-15(20)13(17)8-11-14(18-21-16(11)12)10-6-4-3-5-7-10/h3-8,20H,9H2,1-2H3. The maximum Gasteiger partial charge on any atom is 0.175 e. The van der Waals surface area contributed by atoms with Crippen molar-refractivity contribution in [3.8, 4) is 17.0 Å². The first-order valence-electron chi connectivity index (χ1n) is 6.58. The van der Waals surface area contributed by atoms with Gasteiger partial charge in [-0.3, -0.25) is 0 Å². The average Bonchev–Trinajstić information content (AvgIpc) is 2.88. The molecule has 1 N–H and O–H groups in total. The third-order valence-electron chi connectivity index (χ3n) is 3.31. The second-order valence-corrected chi connectivity index (χ2v) is 5.60. The number of phenols is 1. The Hall–Kier alpha value is -2.04. The van der Waals surface area contributed by atoms with Crippen molar-refractivity contribution >= 4 is 22.6 Å². The van der Waals surface area contributed by atoms with Gasteiger partial charge in [-0.05, 0) is 20.2 Å². The van der Waals surface area contributed by atoms with Gasteiger partial charge in [-0.15, -0.1) is 0 Å². The summed E-state index contributed by atoms with van der Waals surface area (Å²) in [7, 11) is 3.83. The lowest BCUT2D eigenvalue weighted by Gasteiger charge is -2.12. The van der Waals surface area contributed by atoms with Crippen molar-refractivity contribution in [2.75, 3.05) is 14.1 Å². The fourth-order valence-corrected chi connectivity index (χ4v) is 2.59. The van der Waals surface area contributed by atoms with Gasteiger partial charge >= 0.3 is 0 Å². The Labute approximate surface area is 127 Å². The minimum Gasteiger partial charge on any atom is -0.506 e. The van der Waals surface area contributed by atoms with Gasteiger partial charge in [0.25, 0.3) is 0 Å². The van der Waals surface area contributed by atoms with E-state index in [2.05, 4.69) is 5.16 Å². The Morgan fingerprint density at radius 2 is 1.95 bits per heavy atom. The van der Waals surface area contributed by atoms with E-state index in [0.717, 1.165) is 16.6 Å². The molecule has 4 nitrogen and oxygen atoms in total. The third kappa shape index (κ3) is 2.48. The Morgan fingerprint density at radius 1 is 1.24 bits per heavy atom. The number of fused-ring (bicyclic) bond motifs is 1. The summed E-state index contributed by atoms with van der Waals surface area (Å²) in [6.45, 7) is 0.520. The maximum atomic E-state index is 10.2. The van der Waals surface area contributed by atoms with Crippen LogP contribution in [0, 0.1) is 0 Å². The van der Waals surface area contributed by atoms with Crippen LogP contribution in [0.1, 0.15) is 5.56 Å². The van der Waals surface area contributed by atoms with Gasteiger partial charge in [-0.25, -0.2) is 0 Å². The summed E-state index contributed by atoms with van der Waals surface area (Å²) >= 11 is 6.15. The monoisotopic (exact) mass is 302 g/mol. The molecule has 3 aromatic rings. The molecular formula is C16H15ClN2O2. The smallest absolute Gasteiger partial charge is 0.175 e. The van der Waals surface area contributed by atoms with E-state index in [0.29, 0.717) is 22.7 Å². The molecule has 0 aliphatic rings. The van der Waals surface area contributed by atoms with E-state index in [-0.39, 0.29) is 5.75 Å². The minimum atomic E-state index is 0.0497. The quantitative estimate of drug-likeness (QED) is 0.797. The molecular weight excluding hydrogens is 288 g/mol. The summed E-state index contributed by atoms with van der Waals surface area (Å²) in [6.07, 6.45) is 0. The van der Waals surface area contributed by atoms with Crippen LogP contribution in [0.2, 0.25) is 5.02 Å². The third-order valence-corrected chi connectivity index (χ3v) is 3.59. The zero-order chi connectivity index (χ0) is 15.0. The lowest BCUT2D eigenvalue weighted by molar-refractivity contribution is 0.379. The van der Waals surface area contributed by atoms with Crippen molar-refractivity contribution in [3.05, 3.63) is 47.0 Å². The van der Waals surface area contributed by atoms with Crippen molar-refractivity contribution in [2.24, 2.45) is 0 Å². The number of halogens is 1. The van der Waals surface area contributed by atoms with Gasteiger partial charge in [0.05, 0.1) is 16.0 Å². The Bertz CT molecular complexity index is 782. The molecule has 0 aliphatic heterocycles. The molecule has 3 rings (SSSR count). The molecule has 1 heterocycles. The van der Waals surface area contributed by atoms with E-state index in [9.17, 15) is 5.11 Å². The molecule has 0 atom stereocenters. The Kier molecular flexibility index (Phi) is 3.57. The van der Waals surface area contributed by atoms with Crippen LogP contribution in [0.4, 0.5) is 0 Å². The topological polar surface area (TPSA) is 49.5 Å². The zero-order valence-electron chi connectivity index (χ0n) is 11.8. The first kappa shape index (κ1) is 13.9. The highest BCUT2D eigenvalue weighted by molar-refractivity contribution is 6.33. The number of nitrogens with zero attached hydrogens (tertiary/aromatic N) is 2. The first-order valence-corrected chi connectivity index (χ1v) is 6.95. The van der Waals surface area contributed by atoms with E-state index in [1.807, 2.05) is 49.3 Å². The molecule has 2 aromatic carbocycles. The normalized spacial score (nSPS) is 11.4. The maximum absolute atomic E-state index is 10.2. The molecule has 0 fully saturated rings.